The van der Waals surface area contributed by atoms with Crippen molar-refractivity contribution in [3.8, 4) is 0 Å². The van der Waals surface area contributed by atoms with E-state index in [1.54, 1.807) is 11.5 Å². The van der Waals surface area contributed by atoms with Crippen molar-refractivity contribution < 1.29 is 14.3 Å². The topological polar surface area (TPSA) is 68.3 Å². The van der Waals surface area contributed by atoms with Crippen molar-refractivity contribution in [3.05, 3.63) is 51.5 Å². The van der Waals surface area contributed by atoms with Crippen LogP contribution in [0.3, 0.4) is 0 Å². The monoisotopic (exact) mass is 380 g/mol. The van der Waals surface area contributed by atoms with Crippen LogP contribution >= 0.6 is 27.3 Å². The van der Waals surface area contributed by atoms with E-state index in [0.717, 1.165) is 10.0 Å². The zero-order valence-electron chi connectivity index (χ0n) is 11.7. The molecule has 0 saturated carbocycles. The fraction of sp³-hybridized carbons (Fsp3) is 0.133. The molecule has 0 aliphatic heterocycles. The van der Waals surface area contributed by atoms with E-state index in [4.69, 9.17) is 0 Å². The van der Waals surface area contributed by atoms with Gasteiger partial charge in [-0.25, -0.2) is 4.98 Å². The molecule has 0 saturated heterocycles. The summed E-state index contributed by atoms with van der Waals surface area (Å²) in [7, 11) is 1.32. The van der Waals surface area contributed by atoms with Gasteiger partial charge < -0.3 is 4.74 Å². The van der Waals surface area contributed by atoms with Gasteiger partial charge in [-0.2, -0.15) is 0 Å². The number of rotatable bonds is 5. The summed E-state index contributed by atoms with van der Waals surface area (Å²) in [6.45, 7) is 0. The Balaban J connectivity index is 1.93. The summed E-state index contributed by atoms with van der Waals surface area (Å²) in [5, 5.41) is 4.82. The number of anilines is 1. The number of hydrogen-bond donors (Lipinski definition) is 1. The number of amides is 1. The predicted molar refractivity (Wildman–Crippen MR) is 89.6 cm³/mol. The van der Waals surface area contributed by atoms with Gasteiger partial charge in [0, 0.05) is 15.9 Å². The Morgan fingerprint density at radius 1 is 1.45 bits per heavy atom. The van der Waals surface area contributed by atoms with Crippen LogP contribution in [0.2, 0.25) is 0 Å². The molecule has 1 N–H and O–H groups in total. The minimum Gasteiger partial charge on any atom is -0.469 e. The van der Waals surface area contributed by atoms with E-state index in [2.05, 4.69) is 31.0 Å². The van der Waals surface area contributed by atoms with Crippen LogP contribution in [0.15, 0.2) is 40.2 Å². The molecule has 1 aromatic carbocycles. The quantitative estimate of drug-likeness (QED) is 0.638. The number of thiazole rings is 1. The van der Waals surface area contributed by atoms with Gasteiger partial charge >= 0.3 is 5.97 Å². The summed E-state index contributed by atoms with van der Waals surface area (Å²) in [5.41, 5.74) is 1.48. The number of aromatic nitrogens is 1. The van der Waals surface area contributed by atoms with E-state index in [0.29, 0.717) is 10.8 Å². The molecular formula is C15H13BrN2O3S. The van der Waals surface area contributed by atoms with Gasteiger partial charge in [-0.15, -0.1) is 11.3 Å². The first-order valence-corrected chi connectivity index (χ1v) is 8.00. The number of ether oxygens (including phenoxy) is 1. The first-order chi connectivity index (χ1) is 10.6. The van der Waals surface area contributed by atoms with Crippen molar-refractivity contribution in [3.63, 3.8) is 0 Å². The van der Waals surface area contributed by atoms with Crippen molar-refractivity contribution in [2.45, 2.75) is 6.42 Å². The molecule has 2 rings (SSSR count). The molecule has 7 heteroatoms. The number of halogens is 1. The Labute approximate surface area is 140 Å². The Morgan fingerprint density at radius 3 is 3.00 bits per heavy atom. The summed E-state index contributed by atoms with van der Waals surface area (Å²) in [6.07, 6.45) is 3.24. The van der Waals surface area contributed by atoms with Crippen LogP contribution in [0.4, 0.5) is 5.13 Å². The summed E-state index contributed by atoms with van der Waals surface area (Å²) >= 11 is 4.63. The Morgan fingerprint density at radius 2 is 2.27 bits per heavy atom. The van der Waals surface area contributed by atoms with Gasteiger partial charge in [-0.1, -0.05) is 28.1 Å². The second-order valence-electron chi connectivity index (χ2n) is 4.27. The molecule has 0 radical (unpaired) electrons. The van der Waals surface area contributed by atoms with Crippen molar-refractivity contribution >= 4 is 50.4 Å². The maximum Gasteiger partial charge on any atom is 0.311 e. The lowest BCUT2D eigenvalue weighted by atomic mass is 10.2. The highest BCUT2D eigenvalue weighted by molar-refractivity contribution is 9.10. The molecule has 22 heavy (non-hydrogen) atoms. The van der Waals surface area contributed by atoms with Crippen molar-refractivity contribution in [2.75, 3.05) is 12.4 Å². The predicted octanol–water partition coefficient (Wildman–Crippen LogP) is 3.27. The normalized spacial score (nSPS) is 10.6. The Kier molecular flexibility index (Phi) is 5.85. The van der Waals surface area contributed by atoms with Gasteiger partial charge in [0.15, 0.2) is 5.13 Å². The summed E-state index contributed by atoms with van der Waals surface area (Å²) < 4.78 is 5.51. The van der Waals surface area contributed by atoms with E-state index in [1.165, 1.54) is 24.5 Å². The zero-order chi connectivity index (χ0) is 15.9. The van der Waals surface area contributed by atoms with Gasteiger partial charge in [0.2, 0.25) is 5.91 Å². The standard InChI is InChI=1S/C15H13BrN2O3S/c1-21-14(20)8-12-9-22-15(17-12)18-13(19)6-5-10-3-2-4-11(16)7-10/h2-7,9H,8H2,1H3,(H,17,18,19)/b6-5+. The van der Waals surface area contributed by atoms with E-state index in [-0.39, 0.29) is 18.3 Å². The van der Waals surface area contributed by atoms with Crippen molar-refractivity contribution in [1.29, 1.82) is 0 Å². The highest BCUT2D eigenvalue weighted by atomic mass is 79.9. The van der Waals surface area contributed by atoms with E-state index in [9.17, 15) is 9.59 Å². The Hall–Kier alpha value is -1.99. The zero-order valence-corrected chi connectivity index (χ0v) is 14.1. The number of hydrogen-bond acceptors (Lipinski definition) is 5. The molecule has 5 nitrogen and oxygen atoms in total. The van der Waals surface area contributed by atoms with Gasteiger partial charge in [0.1, 0.15) is 0 Å². The van der Waals surface area contributed by atoms with Crippen molar-refractivity contribution in [2.24, 2.45) is 0 Å². The summed E-state index contributed by atoms with van der Waals surface area (Å²) in [5.74, 6) is -0.642. The Bertz CT molecular complexity index is 712. The van der Waals surface area contributed by atoms with Crippen molar-refractivity contribution in [1.82, 2.24) is 4.98 Å². The smallest absolute Gasteiger partial charge is 0.311 e. The molecule has 0 bridgehead atoms. The SMILES string of the molecule is COC(=O)Cc1csc(NC(=O)/C=C/c2cccc(Br)c2)n1. The third-order valence-corrected chi connectivity index (χ3v) is 3.91. The lowest BCUT2D eigenvalue weighted by Gasteiger charge is -1.97. The fourth-order valence-electron chi connectivity index (χ4n) is 1.59. The number of carbonyl (C=O) groups excluding carboxylic acids is 2. The number of methoxy groups -OCH3 is 1. The fourth-order valence-corrected chi connectivity index (χ4v) is 2.72. The average molecular weight is 381 g/mol. The molecule has 0 atom stereocenters. The maximum absolute atomic E-state index is 11.8. The summed E-state index contributed by atoms with van der Waals surface area (Å²) in [6, 6.07) is 7.60. The maximum atomic E-state index is 11.8. The molecule has 114 valence electrons. The lowest BCUT2D eigenvalue weighted by molar-refractivity contribution is -0.139. The minimum atomic E-state index is -0.363. The van der Waals surface area contributed by atoms with E-state index >= 15 is 0 Å². The van der Waals surface area contributed by atoms with E-state index < -0.39 is 0 Å². The first kappa shape index (κ1) is 16.4. The van der Waals surface area contributed by atoms with Crippen LogP contribution in [-0.4, -0.2) is 24.0 Å². The average Bonchev–Trinajstić information content (AvgIpc) is 2.92. The second-order valence-corrected chi connectivity index (χ2v) is 6.05. The second kappa shape index (κ2) is 7.86. The molecule has 0 fully saturated rings. The molecular weight excluding hydrogens is 368 g/mol. The van der Waals surface area contributed by atoms with Crippen LogP contribution in [0, 0.1) is 0 Å². The van der Waals surface area contributed by atoms with Crippen LogP contribution in [0.5, 0.6) is 0 Å². The molecule has 1 heterocycles. The van der Waals surface area contributed by atoms with Gasteiger partial charge in [-0.05, 0) is 23.8 Å². The van der Waals surface area contributed by atoms with Crippen LogP contribution in [0.1, 0.15) is 11.3 Å². The lowest BCUT2D eigenvalue weighted by Crippen LogP contribution is -2.08. The number of esters is 1. The third-order valence-electron chi connectivity index (χ3n) is 2.61. The highest BCUT2D eigenvalue weighted by Crippen LogP contribution is 2.16. The first-order valence-electron chi connectivity index (χ1n) is 6.32. The highest BCUT2D eigenvalue weighted by Gasteiger charge is 2.08. The number of nitrogens with one attached hydrogen (secondary N) is 1. The largest absolute Gasteiger partial charge is 0.469 e. The van der Waals surface area contributed by atoms with Crippen LogP contribution < -0.4 is 5.32 Å². The van der Waals surface area contributed by atoms with Gasteiger partial charge in [-0.3, -0.25) is 14.9 Å². The van der Waals surface area contributed by atoms with E-state index in [1.807, 2.05) is 24.3 Å². The van der Waals surface area contributed by atoms with Crippen LogP contribution in [-0.2, 0) is 20.7 Å². The van der Waals surface area contributed by atoms with Crippen LogP contribution in [0.25, 0.3) is 6.08 Å². The number of benzene rings is 1. The third kappa shape index (κ3) is 5.09. The molecule has 1 amide bonds. The molecule has 2 aromatic rings. The molecule has 0 aliphatic rings. The number of nitrogens with zero attached hydrogens (tertiary/aromatic N) is 1. The molecule has 0 aliphatic carbocycles. The minimum absolute atomic E-state index is 0.0940. The molecule has 1 aromatic heterocycles. The molecule has 0 spiro atoms. The molecule has 0 unspecified atom stereocenters. The van der Waals surface area contributed by atoms with Gasteiger partial charge in [0.25, 0.3) is 0 Å². The summed E-state index contributed by atoms with van der Waals surface area (Å²) in [4.78, 5) is 27.1. The van der Waals surface area contributed by atoms with Gasteiger partial charge in [0.05, 0.1) is 19.2 Å². The number of carbonyl (C=O) groups is 2.